The average molecular weight is 212 g/mol. The first-order valence-electron chi connectivity index (χ1n) is 4.69. The molecular weight excluding hydrogens is 196 g/mol. The Bertz CT molecular complexity index is 236. The van der Waals surface area contributed by atoms with E-state index in [1.807, 2.05) is 18.2 Å². The van der Waals surface area contributed by atoms with Crippen LogP contribution in [0.5, 0.6) is 5.75 Å². The summed E-state index contributed by atoms with van der Waals surface area (Å²) in [6, 6.07) is 8.03. The van der Waals surface area contributed by atoms with Crippen molar-refractivity contribution in [2.24, 2.45) is 0 Å². The number of ether oxygens (including phenoxy) is 2. The lowest BCUT2D eigenvalue weighted by Gasteiger charge is -2.09. The van der Waals surface area contributed by atoms with Crippen molar-refractivity contribution in [3.8, 4) is 5.75 Å². The van der Waals surface area contributed by atoms with Crippen molar-refractivity contribution in [1.82, 2.24) is 0 Å². The zero-order valence-corrected chi connectivity index (χ0v) is 9.30. The maximum Gasteiger partial charge on any atom is 0.188 e. The molecule has 78 valence electrons. The Balaban J connectivity index is 2.60. The third-order valence-electron chi connectivity index (χ3n) is 1.91. The summed E-state index contributed by atoms with van der Waals surface area (Å²) in [4.78, 5) is 0. The van der Waals surface area contributed by atoms with Gasteiger partial charge in [0.15, 0.2) is 6.79 Å². The normalized spacial score (nSPS) is 10.1. The van der Waals surface area contributed by atoms with E-state index in [9.17, 15) is 0 Å². The summed E-state index contributed by atoms with van der Waals surface area (Å²) < 4.78 is 10.3. The summed E-state index contributed by atoms with van der Waals surface area (Å²) in [5, 5.41) is 0. The molecule has 0 aliphatic rings. The third-order valence-corrected chi connectivity index (χ3v) is 2.23. The highest BCUT2D eigenvalue weighted by molar-refractivity contribution is 7.80. The summed E-state index contributed by atoms with van der Waals surface area (Å²) >= 11 is 4.19. The van der Waals surface area contributed by atoms with Crippen LogP contribution in [-0.2, 0) is 11.2 Å². The zero-order chi connectivity index (χ0) is 10.2. The van der Waals surface area contributed by atoms with Gasteiger partial charge in [-0.1, -0.05) is 18.2 Å². The average Bonchev–Trinajstić information content (AvgIpc) is 2.24. The fourth-order valence-electron chi connectivity index (χ4n) is 1.24. The smallest absolute Gasteiger partial charge is 0.188 e. The van der Waals surface area contributed by atoms with Gasteiger partial charge in [-0.3, -0.25) is 0 Å². The molecule has 1 aromatic rings. The van der Waals surface area contributed by atoms with Gasteiger partial charge in [0, 0.05) is 7.11 Å². The van der Waals surface area contributed by atoms with Gasteiger partial charge in [-0.05, 0) is 30.2 Å². The molecule has 0 aliphatic carbocycles. The molecule has 14 heavy (non-hydrogen) atoms. The lowest BCUT2D eigenvalue weighted by atomic mass is 10.1. The van der Waals surface area contributed by atoms with Gasteiger partial charge in [0.1, 0.15) is 5.75 Å². The molecule has 0 radical (unpaired) electrons. The summed E-state index contributed by atoms with van der Waals surface area (Å²) in [7, 11) is 1.62. The molecule has 0 heterocycles. The summed E-state index contributed by atoms with van der Waals surface area (Å²) in [6.07, 6.45) is 2.07. The largest absolute Gasteiger partial charge is 0.467 e. The molecule has 0 N–H and O–H groups in total. The first-order chi connectivity index (χ1) is 6.88. The molecule has 0 spiro atoms. The van der Waals surface area contributed by atoms with E-state index in [-0.39, 0.29) is 0 Å². The SMILES string of the molecule is COCOc1ccccc1CCCS. The van der Waals surface area contributed by atoms with Crippen LogP contribution in [0.25, 0.3) is 0 Å². The van der Waals surface area contributed by atoms with Crippen molar-refractivity contribution in [2.75, 3.05) is 19.7 Å². The molecule has 1 aromatic carbocycles. The predicted molar refractivity (Wildman–Crippen MR) is 61.1 cm³/mol. The minimum atomic E-state index is 0.303. The lowest BCUT2D eigenvalue weighted by molar-refractivity contribution is 0.0504. The Morgan fingerprint density at radius 3 is 2.79 bits per heavy atom. The van der Waals surface area contributed by atoms with Gasteiger partial charge in [0.2, 0.25) is 0 Å². The van der Waals surface area contributed by atoms with Crippen LogP contribution in [0.3, 0.4) is 0 Å². The molecule has 0 aliphatic heterocycles. The highest BCUT2D eigenvalue weighted by Crippen LogP contribution is 2.19. The monoisotopic (exact) mass is 212 g/mol. The van der Waals surface area contributed by atoms with E-state index in [2.05, 4.69) is 18.7 Å². The summed E-state index contributed by atoms with van der Waals surface area (Å²) in [6.45, 7) is 0.303. The van der Waals surface area contributed by atoms with Gasteiger partial charge in [-0.15, -0.1) is 0 Å². The van der Waals surface area contributed by atoms with Crippen molar-refractivity contribution < 1.29 is 9.47 Å². The molecule has 0 bridgehead atoms. The molecule has 0 amide bonds. The van der Waals surface area contributed by atoms with Crippen LogP contribution in [0, 0.1) is 0 Å². The van der Waals surface area contributed by atoms with Crippen LogP contribution in [-0.4, -0.2) is 19.7 Å². The number of hydrogen-bond donors (Lipinski definition) is 1. The van der Waals surface area contributed by atoms with E-state index < -0.39 is 0 Å². The van der Waals surface area contributed by atoms with Crippen LogP contribution in [0.15, 0.2) is 24.3 Å². The highest BCUT2D eigenvalue weighted by Gasteiger charge is 2.01. The number of thiol groups is 1. The Hall–Kier alpha value is -0.670. The van der Waals surface area contributed by atoms with Crippen LogP contribution in [0.2, 0.25) is 0 Å². The molecule has 0 aromatic heterocycles. The molecule has 0 unspecified atom stereocenters. The molecule has 0 atom stereocenters. The second-order valence-corrected chi connectivity index (χ2v) is 3.43. The van der Waals surface area contributed by atoms with Gasteiger partial charge in [0.05, 0.1) is 0 Å². The van der Waals surface area contributed by atoms with E-state index >= 15 is 0 Å². The molecule has 0 saturated carbocycles. The van der Waals surface area contributed by atoms with E-state index in [0.29, 0.717) is 6.79 Å². The second-order valence-electron chi connectivity index (χ2n) is 2.99. The molecule has 3 heteroatoms. The van der Waals surface area contributed by atoms with E-state index in [1.165, 1.54) is 5.56 Å². The Labute approximate surface area is 90.6 Å². The van der Waals surface area contributed by atoms with Gasteiger partial charge in [-0.2, -0.15) is 12.6 Å². The van der Waals surface area contributed by atoms with Crippen molar-refractivity contribution in [3.63, 3.8) is 0 Å². The molecule has 0 fully saturated rings. The molecular formula is C11H16O2S. The third kappa shape index (κ3) is 3.60. The highest BCUT2D eigenvalue weighted by atomic mass is 32.1. The topological polar surface area (TPSA) is 18.5 Å². The van der Waals surface area contributed by atoms with Crippen LogP contribution >= 0.6 is 12.6 Å². The van der Waals surface area contributed by atoms with Crippen molar-refractivity contribution in [1.29, 1.82) is 0 Å². The Morgan fingerprint density at radius 2 is 2.07 bits per heavy atom. The quantitative estimate of drug-likeness (QED) is 0.577. The fourth-order valence-corrected chi connectivity index (χ4v) is 1.40. The van der Waals surface area contributed by atoms with Gasteiger partial charge >= 0.3 is 0 Å². The number of hydrogen-bond acceptors (Lipinski definition) is 3. The van der Waals surface area contributed by atoms with Crippen molar-refractivity contribution >= 4 is 12.6 Å². The number of aryl methyl sites for hydroxylation is 1. The van der Waals surface area contributed by atoms with Crippen LogP contribution in [0.1, 0.15) is 12.0 Å². The van der Waals surface area contributed by atoms with Gasteiger partial charge < -0.3 is 9.47 Å². The maximum absolute atomic E-state index is 5.44. The van der Waals surface area contributed by atoms with Crippen molar-refractivity contribution in [3.05, 3.63) is 29.8 Å². The molecule has 2 nitrogen and oxygen atoms in total. The Morgan fingerprint density at radius 1 is 1.29 bits per heavy atom. The number of methoxy groups -OCH3 is 1. The van der Waals surface area contributed by atoms with E-state index in [0.717, 1.165) is 24.3 Å². The predicted octanol–water partition coefficient (Wildman–Crippen LogP) is 2.53. The number of para-hydroxylation sites is 1. The fraction of sp³-hybridized carbons (Fsp3) is 0.455. The van der Waals surface area contributed by atoms with Gasteiger partial charge in [0.25, 0.3) is 0 Å². The van der Waals surface area contributed by atoms with Crippen LogP contribution in [0.4, 0.5) is 0 Å². The van der Waals surface area contributed by atoms with Crippen molar-refractivity contribution in [2.45, 2.75) is 12.8 Å². The minimum absolute atomic E-state index is 0.303. The minimum Gasteiger partial charge on any atom is -0.467 e. The summed E-state index contributed by atoms with van der Waals surface area (Å²) in [5.74, 6) is 1.81. The zero-order valence-electron chi connectivity index (χ0n) is 8.40. The first-order valence-corrected chi connectivity index (χ1v) is 5.32. The van der Waals surface area contributed by atoms with E-state index in [4.69, 9.17) is 9.47 Å². The maximum atomic E-state index is 5.44. The molecule has 1 rings (SSSR count). The standard InChI is InChI=1S/C11H16O2S/c1-12-9-13-11-7-3-2-5-10(11)6-4-8-14/h2-3,5,7,14H,4,6,8-9H2,1H3. The molecule has 0 saturated heterocycles. The number of benzene rings is 1. The number of rotatable bonds is 6. The van der Waals surface area contributed by atoms with E-state index in [1.54, 1.807) is 7.11 Å². The lowest BCUT2D eigenvalue weighted by Crippen LogP contribution is -2.01. The van der Waals surface area contributed by atoms with Gasteiger partial charge in [-0.25, -0.2) is 0 Å². The second kappa shape index (κ2) is 6.74. The Kier molecular flexibility index (Phi) is 5.49. The van der Waals surface area contributed by atoms with Crippen LogP contribution < -0.4 is 4.74 Å². The first kappa shape index (κ1) is 11.4. The summed E-state index contributed by atoms with van der Waals surface area (Å²) in [5.41, 5.74) is 1.22.